The van der Waals surface area contributed by atoms with E-state index in [2.05, 4.69) is 30.9 Å². The lowest BCUT2D eigenvalue weighted by atomic mass is 10.1. The lowest BCUT2D eigenvalue weighted by molar-refractivity contribution is 0.0694. The minimum absolute atomic E-state index is 0.0329. The fourth-order valence-electron chi connectivity index (χ4n) is 3.40. The molecule has 1 heterocycles. The Morgan fingerprint density at radius 1 is 1.24 bits per heavy atom. The van der Waals surface area contributed by atoms with E-state index in [4.69, 9.17) is 0 Å². The van der Waals surface area contributed by atoms with Gasteiger partial charge in [0.05, 0.1) is 34.4 Å². The van der Waals surface area contributed by atoms with Crippen LogP contribution in [0.3, 0.4) is 0 Å². The number of para-hydroxylation sites is 1. The summed E-state index contributed by atoms with van der Waals surface area (Å²) in [6.07, 6.45) is 9.50. The quantitative estimate of drug-likeness (QED) is 0.244. The summed E-state index contributed by atoms with van der Waals surface area (Å²) < 4.78 is 14.9. The number of anilines is 2. The van der Waals surface area contributed by atoms with Crippen molar-refractivity contribution in [1.29, 1.82) is 0 Å². The second kappa shape index (κ2) is 12.6. The lowest BCUT2D eigenvalue weighted by Crippen LogP contribution is -2.38. The van der Waals surface area contributed by atoms with Gasteiger partial charge in [0, 0.05) is 24.9 Å². The third-order valence-corrected chi connectivity index (χ3v) is 5.77. The molecular weight excluding hydrogens is 487 g/mol. The van der Waals surface area contributed by atoms with Gasteiger partial charge in [0.1, 0.15) is 5.82 Å². The van der Waals surface area contributed by atoms with Gasteiger partial charge in [-0.2, -0.15) is 0 Å². The maximum Gasteiger partial charge on any atom is 0.278 e. The average molecular weight is 523 g/mol. The molecule has 202 valence electrons. The second-order valence-corrected chi connectivity index (χ2v) is 9.84. The molecule has 10 heteroatoms. The van der Waals surface area contributed by atoms with Crippen LogP contribution in [-0.2, 0) is 0 Å². The number of carbonyl (C=O) groups is 2. The zero-order chi connectivity index (χ0) is 27.9. The standard InChI is InChI=1S/C28H35FN6O3/c1-6-17(3)13-19(14-30-7-2)33-25-24(34-22(15-31-25)18-11-12-18)27(37)35-23-20(9-8-10-21(23)29)26(36)32-16-28(4,5)38/h7-10,13-15,18,38H,6,11-12,16H2,1-5H3,(H,31,33)(H,32,36)(H,35,37)/b17-13+,19-14+,30-7?. The summed E-state index contributed by atoms with van der Waals surface area (Å²) in [6.45, 7) is 8.80. The van der Waals surface area contributed by atoms with Crippen molar-refractivity contribution in [3.8, 4) is 0 Å². The van der Waals surface area contributed by atoms with Gasteiger partial charge in [-0.25, -0.2) is 14.4 Å². The summed E-state index contributed by atoms with van der Waals surface area (Å²) in [6, 6.07) is 3.92. The number of carbonyl (C=O) groups excluding carboxylic acids is 2. The molecule has 2 amide bonds. The smallest absolute Gasteiger partial charge is 0.278 e. The van der Waals surface area contributed by atoms with Gasteiger partial charge >= 0.3 is 0 Å². The average Bonchev–Trinajstić information content (AvgIpc) is 3.72. The first-order chi connectivity index (χ1) is 18.0. The summed E-state index contributed by atoms with van der Waals surface area (Å²) in [5.74, 6) is -1.75. The second-order valence-electron chi connectivity index (χ2n) is 9.84. The highest BCUT2D eigenvalue weighted by molar-refractivity contribution is 6.10. The Kier molecular flexibility index (Phi) is 9.46. The van der Waals surface area contributed by atoms with Crippen LogP contribution in [0.5, 0.6) is 0 Å². The lowest BCUT2D eigenvalue weighted by Gasteiger charge is -2.19. The van der Waals surface area contributed by atoms with Crippen LogP contribution < -0.4 is 16.0 Å². The topological polar surface area (TPSA) is 129 Å². The third kappa shape index (κ3) is 8.04. The van der Waals surface area contributed by atoms with Gasteiger partial charge in [-0.3, -0.25) is 14.6 Å². The van der Waals surface area contributed by atoms with Crippen LogP contribution in [0.1, 0.15) is 86.3 Å². The zero-order valence-electron chi connectivity index (χ0n) is 22.4. The molecule has 2 aromatic rings. The number of nitrogens with one attached hydrogen (secondary N) is 3. The molecule has 0 saturated heterocycles. The number of hydrogen-bond donors (Lipinski definition) is 4. The molecule has 0 atom stereocenters. The number of amides is 2. The molecule has 0 spiro atoms. The maximum absolute atomic E-state index is 14.9. The predicted molar refractivity (Wildman–Crippen MR) is 147 cm³/mol. The van der Waals surface area contributed by atoms with E-state index in [9.17, 15) is 19.1 Å². The number of rotatable bonds is 11. The first-order valence-corrected chi connectivity index (χ1v) is 12.6. The Morgan fingerprint density at radius 3 is 2.61 bits per heavy atom. The van der Waals surface area contributed by atoms with Crippen LogP contribution in [0.4, 0.5) is 15.9 Å². The Bertz CT molecular complexity index is 1280. The van der Waals surface area contributed by atoms with Crippen molar-refractivity contribution in [2.45, 2.75) is 65.4 Å². The van der Waals surface area contributed by atoms with Crippen LogP contribution in [0.25, 0.3) is 0 Å². The Hall–Kier alpha value is -3.92. The highest BCUT2D eigenvalue weighted by Crippen LogP contribution is 2.39. The van der Waals surface area contributed by atoms with Crippen molar-refractivity contribution in [2.24, 2.45) is 4.99 Å². The van der Waals surface area contributed by atoms with Crippen LogP contribution >= 0.6 is 0 Å². The molecule has 0 bridgehead atoms. The van der Waals surface area contributed by atoms with E-state index in [1.54, 1.807) is 25.5 Å². The van der Waals surface area contributed by atoms with E-state index < -0.39 is 23.2 Å². The molecule has 0 unspecified atom stereocenters. The SMILES string of the molecule is CC=N/C=C(\C=C(/C)CC)Nc1ncc(C2CC2)nc1C(=O)Nc1c(F)cccc1C(=O)NCC(C)(C)O. The number of halogens is 1. The van der Waals surface area contributed by atoms with Crippen LogP contribution in [0.15, 0.2) is 52.9 Å². The van der Waals surface area contributed by atoms with E-state index in [0.29, 0.717) is 11.4 Å². The monoisotopic (exact) mass is 522 g/mol. The summed E-state index contributed by atoms with van der Waals surface area (Å²) >= 11 is 0. The van der Waals surface area contributed by atoms with Gasteiger partial charge in [0.15, 0.2) is 11.5 Å². The van der Waals surface area contributed by atoms with Crippen molar-refractivity contribution in [3.63, 3.8) is 0 Å². The van der Waals surface area contributed by atoms with Crippen LogP contribution in [-0.4, -0.2) is 45.2 Å². The molecule has 1 aliphatic carbocycles. The number of allylic oxidation sites excluding steroid dienone is 2. The summed E-state index contributed by atoms with van der Waals surface area (Å²) in [7, 11) is 0. The normalized spacial score (nSPS) is 14.5. The van der Waals surface area contributed by atoms with Crippen molar-refractivity contribution >= 4 is 29.5 Å². The van der Waals surface area contributed by atoms with E-state index in [1.165, 1.54) is 26.0 Å². The number of hydrogen-bond acceptors (Lipinski definition) is 7. The largest absolute Gasteiger partial charge is 0.389 e. The minimum Gasteiger partial charge on any atom is -0.389 e. The molecular formula is C28H35FN6O3. The van der Waals surface area contributed by atoms with Gasteiger partial charge in [-0.1, -0.05) is 18.6 Å². The van der Waals surface area contributed by atoms with Gasteiger partial charge in [0.2, 0.25) is 0 Å². The van der Waals surface area contributed by atoms with Crippen LogP contribution in [0.2, 0.25) is 0 Å². The highest BCUT2D eigenvalue weighted by atomic mass is 19.1. The molecule has 3 rings (SSSR count). The third-order valence-electron chi connectivity index (χ3n) is 5.77. The number of nitrogens with zero attached hydrogens (tertiary/aromatic N) is 3. The number of aliphatic hydroxyl groups is 1. The summed E-state index contributed by atoms with van der Waals surface area (Å²) in [5, 5.41) is 18.1. The fourth-order valence-corrected chi connectivity index (χ4v) is 3.40. The van der Waals surface area contributed by atoms with Gasteiger partial charge in [-0.15, -0.1) is 0 Å². The van der Waals surface area contributed by atoms with E-state index in [1.807, 2.05) is 19.9 Å². The highest BCUT2D eigenvalue weighted by Gasteiger charge is 2.28. The molecule has 1 aromatic carbocycles. The zero-order valence-corrected chi connectivity index (χ0v) is 22.4. The predicted octanol–water partition coefficient (Wildman–Crippen LogP) is 4.95. The minimum atomic E-state index is -1.16. The first-order valence-electron chi connectivity index (χ1n) is 12.6. The van der Waals surface area contributed by atoms with E-state index >= 15 is 0 Å². The Labute approximate surface area is 222 Å². The molecule has 1 saturated carbocycles. The van der Waals surface area contributed by atoms with E-state index in [-0.39, 0.29) is 35.2 Å². The Morgan fingerprint density at radius 2 is 1.97 bits per heavy atom. The molecule has 38 heavy (non-hydrogen) atoms. The maximum atomic E-state index is 14.9. The van der Waals surface area contributed by atoms with Crippen molar-refractivity contribution in [2.75, 3.05) is 17.2 Å². The van der Waals surface area contributed by atoms with Gasteiger partial charge in [-0.05, 0) is 65.2 Å². The van der Waals surface area contributed by atoms with Gasteiger partial charge < -0.3 is 21.1 Å². The fraction of sp³-hybridized carbons (Fsp3) is 0.393. The first kappa shape index (κ1) is 28.6. The van der Waals surface area contributed by atoms with Crippen molar-refractivity contribution in [1.82, 2.24) is 15.3 Å². The molecule has 1 aromatic heterocycles. The Balaban J connectivity index is 1.97. The number of benzene rings is 1. The molecule has 1 fully saturated rings. The molecule has 0 aliphatic heterocycles. The molecule has 9 nitrogen and oxygen atoms in total. The number of aliphatic imine (C=N–C) groups is 1. The molecule has 1 aliphatic rings. The summed E-state index contributed by atoms with van der Waals surface area (Å²) in [4.78, 5) is 39.5. The molecule has 4 N–H and O–H groups in total. The van der Waals surface area contributed by atoms with Crippen LogP contribution in [0, 0.1) is 5.82 Å². The van der Waals surface area contributed by atoms with Gasteiger partial charge in [0.25, 0.3) is 11.8 Å². The molecule has 0 radical (unpaired) electrons. The van der Waals surface area contributed by atoms with Crippen molar-refractivity contribution < 1.29 is 19.1 Å². The number of aromatic nitrogens is 2. The summed E-state index contributed by atoms with van der Waals surface area (Å²) in [5.41, 5.74) is 0.790. The van der Waals surface area contributed by atoms with E-state index in [0.717, 1.165) is 30.9 Å². The van der Waals surface area contributed by atoms with Crippen molar-refractivity contribution in [3.05, 3.63) is 70.7 Å².